The Morgan fingerprint density at radius 3 is 2.63 bits per heavy atom. The smallest absolute Gasteiger partial charge is 0.223 e. The van der Waals surface area contributed by atoms with Crippen molar-refractivity contribution < 1.29 is 9.53 Å². The van der Waals surface area contributed by atoms with Crippen molar-refractivity contribution >= 4 is 16.9 Å². The molecule has 178 valence electrons. The number of amides is 1. The molecule has 0 N–H and O–H groups in total. The van der Waals surface area contributed by atoms with Crippen molar-refractivity contribution in [2.45, 2.75) is 38.3 Å². The standard InChI is InChI=1S/C30H31N3O2/c1-3-11-24-14-7-10-17-28(24)35-19-18-32-27-16-9-8-15-26(27)31-30(32)25-20-29(34)33(21-25)22(2)23-12-5-4-6-13-23/h3-10,12-17,22,25H,1,11,18-21H2,2H3. The van der Waals surface area contributed by atoms with E-state index in [1.54, 1.807) is 0 Å². The van der Waals surface area contributed by atoms with Crippen molar-refractivity contribution in [2.24, 2.45) is 0 Å². The Hall–Kier alpha value is -3.86. The number of fused-ring (bicyclic) bond motifs is 1. The SMILES string of the molecule is C=CCc1ccccc1OCCn1c(C2CC(=O)N(C(C)c3ccccc3)C2)nc2ccccc21. The lowest BCUT2D eigenvalue weighted by Crippen LogP contribution is -2.28. The van der Waals surface area contributed by atoms with Gasteiger partial charge in [0.05, 0.1) is 23.6 Å². The predicted octanol–water partition coefficient (Wildman–Crippen LogP) is 5.92. The average Bonchev–Trinajstić information content (AvgIpc) is 3.46. The van der Waals surface area contributed by atoms with Gasteiger partial charge in [0, 0.05) is 18.9 Å². The fraction of sp³-hybridized carbons (Fsp3) is 0.267. The van der Waals surface area contributed by atoms with E-state index in [1.165, 1.54) is 0 Å². The molecule has 0 spiro atoms. The van der Waals surface area contributed by atoms with Gasteiger partial charge in [-0.2, -0.15) is 0 Å². The lowest BCUT2D eigenvalue weighted by molar-refractivity contribution is -0.129. The number of likely N-dealkylation sites (tertiary alicyclic amines) is 1. The van der Waals surface area contributed by atoms with Crippen molar-refractivity contribution in [2.75, 3.05) is 13.2 Å². The second-order valence-electron chi connectivity index (χ2n) is 9.09. The second kappa shape index (κ2) is 10.2. The molecule has 35 heavy (non-hydrogen) atoms. The molecule has 3 aromatic carbocycles. The Morgan fingerprint density at radius 2 is 1.80 bits per heavy atom. The van der Waals surface area contributed by atoms with Gasteiger partial charge in [0.15, 0.2) is 0 Å². The monoisotopic (exact) mass is 465 g/mol. The zero-order chi connectivity index (χ0) is 24.2. The van der Waals surface area contributed by atoms with Crippen LogP contribution in [0.25, 0.3) is 11.0 Å². The zero-order valence-corrected chi connectivity index (χ0v) is 20.1. The third kappa shape index (κ3) is 4.72. The number of imidazole rings is 1. The van der Waals surface area contributed by atoms with Crippen molar-refractivity contribution in [3.05, 3.63) is 108 Å². The van der Waals surface area contributed by atoms with Crippen molar-refractivity contribution in [3.63, 3.8) is 0 Å². The van der Waals surface area contributed by atoms with E-state index in [0.717, 1.165) is 40.2 Å². The third-order valence-corrected chi connectivity index (χ3v) is 6.87. The molecule has 1 saturated heterocycles. The summed E-state index contributed by atoms with van der Waals surface area (Å²) in [5.74, 6) is 2.08. The number of carbonyl (C=O) groups is 1. The number of ether oxygens (including phenoxy) is 1. The predicted molar refractivity (Wildman–Crippen MR) is 139 cm³/mol. The first-order valence-electron chi connectivity index (χ1n) is 12.3. The lowest BCUT2D eigenvalue weighted by atomic mass is 10.1. The number of rotatable bonds is 9. The molecule has 0 saturated carbocycles. The molecule has 5 nitrogen and oxygen atoms in total. The molecule has 2 unspecified atom stereocenters. The minimum Gasteiger partial charge on any atom is -0.491 e. The third-order valence-electron chi connectivity index (χ3n) is 6.87. The normalized spacial score (nSPS) is 16.5. The second-order valence-corrected chi connectivity index (χ2v) is 9.09. The van der Waals surface area contributed by atoms with E-state index in [2.05, 4.69) is 42.3 Å². The van der Waals surface area contributed by atoms with Gasteiger partial charge >= 0.3 is 0 Å². The Labute approximate surface area is 206 Å². The molecular formula is C30H31N3O2. The molecule has 1 fully saturated rings. The minimum absolute atomic E-state index is 0.0382. The Bertz CT molecular complexity index is 1330. The summed E-state index contributed by atoms with van der Waals surface area (Å²) in [5.41, 5.74) is 4.32. The fourth-order valence-corrected chi connectivity index (χ4v) is 5.05. The molecular weight excluding hydrogens is 434 g/mol. The number of aromatic nitrogens is 2. The number of nitrogens with zero attached hydrogens (tertiary/aromatic N) is 3. The van der Waals surface area contributed by atoms with Gasteiger partial charge in [-0.1, -0.05) is 66.7 Å². The van der Waals surface area contributed by atoms with E-state index >= 15 is 0 Å². The molecule has 5 rings (SSSR count). The van der Waals surface area contributed by atoms with Crippen LogP contribution in [-0.4, -0.2) is 33.5 Å². The van der Waals surface area contributed by atoms with Crippen LogP contribution in [0.15, 0.2) is 91.5 Å². The zero-order valence-electron chi connectivity index (χ0n) is 20.1. The van der Waals surface area contributed by atoms with Gasteiger partial charge in [0.2, 0.25) is 5.91 Å². The van der Waals surface area contributed by atoms with E-state index in [0.29, 0.717) is 26.1 Å². The highest BCUT2D eigenvalue weighted by Gasteiger charge is 2.36. The van der Waals surface area contributed by atoms with Crippen LogP contribution >= 0.6 is 0 Å². The molecule has 0 bridgehead atoms. The molecule has 0 radical (unpaired) electrons. The highest BCUT2D eigenvalue weighted by Crippen LogP contribution is 2.35. The number of allylic oxidation sites excluding steroid dienone is 1. The van der Waals surface area contributed by atoms with E-state index in [-0.39, 0.29) is 17.9 Å². The maximum atomic E-state index is 13.1. The molecule has 4 aromatic rings. The first-order chi connectivity index (χ1) is 17.2. The molecule has 1 aliphatic heterocycles. The van der Waals surface area contributed by atoms with Crippen molar-refractivity contribution in [1.29, 1.82) is 0 Å². The number of hydrogen-bond donors (Lipinski definition) is 0. The maximum absolute atomic E-state index is 13.1. The van der Waals surface area contributed by atoms with E-state index in [9.17, 15) is 4.79 Å². The van der Waals surface area contributed by atoms with Crippen molar-refractivity contribution in [1.82, 2.24) is 14.5 Å². The molecule has 1 amide bonds. The summed E-state index contributed by atoms with van der Waals surface area (Å²) in [5, 5.41) is 0. The highest BCUT2D eigenvalue weighted by atomic mass is 16.5. The van der Waals surface area contributed by atoms with E-state index < -0.39 is 0 Å². The lowest BCUT2D eigenvalue weighted by Gasteiger charge is -2.25. The summed E-state index contributed by atoms with van der Waals surface area (Å²) in [6.07, 6.45) is 3.14. The number of para-hydroxylation sites is 3. The van der Waals surface area contributed by atoms with Gasteiger partial charge in [-0.3, -0.25) is 4.79 Å². The maximum Gasteiger partial charge on any atom is 0.223 e. The Morgan fingerprint density at radius 1 is 1.06 bits per heavy atom. The van der Waals surface area contributed by atoms with Crippen LogP contribution in [0.5, 0.6) is 5.75 Å². The summed E-state index contributed by atoms with van der Waals surface area (Å²) >= 11 is 0. The summed E-state index contributed by atoms with van der Waals surface area (Å²) in [7, 11) is 0. The van der Waals surface area contributed by atoms with Gasteiger partial charge < -0.3 is 14.2 Å². The first kappa shape index (κ1) is 22.9. The summed E-state index contributed by atoms with van der Waals surface area (Å²) < 4.78 is 8.43. The highest BCUT2D eigenvalue weighted by molar-refractivity contribution is 5.81. The molecule has 1 aromatic heterocycles. The summed E-state index contributed by atoms with van der Waals surface area (Å²) in [6, 6.07) is 26.5. The number of benzene rings is 3. The van der Waals surface area contributed by atoms with Crippen LogP contribution in [-0.2, 0) is 17.8 Å². The van der Waals surface area contributed by atoms with Crippen LogP contribution in [0.1, 0.15) is 42.3 Å². The van der Waals surface area contributed by atoms with Crippen LogP contribution in [0.4, 0.5) is 0 Å². The van der Waals surface area contributed by atoms with Gasteiger partial charge in [0.25, 0.3) is 0 Å². The Kier molecular flexibility index (Phi) is 6.66. The molecule has 2 heterocycles. The van der Waals surface area contributed by atoms with Crippen molar-refractivity contribution in [3.8, 4) is 5.75 Å². The van der Waals surface area contributed by atoms with Gasteiger partial charge in [-0.05, 0) is 42.7 Å². The van der Waals surface area contributed by atoms with Gasteiger partial charge in [-0.15, -0.1) is 6.58 Å². The van der Waals surface area contributed by atoms with Gasteiger partial charge in [0.1, 0.15) is 18.2 Å². The summed E-state index contributed by atoms with van der Waals surface area (Å²) in [4.78, 5) is 20.0. The quantitative estimate of drug-likeness (QED) is 0.288. The largest absolute Gasteiger partial charge is 0.491 e. The minimum atomic E-state index is 0.0382. The van der Waals surface area contributed by atoms with Crippen LogP contribution in [0, 0.1) is 0 Å². The number of carbonyl (C=O) groups excluding carboxylic acids is 1. The molecule has 0 aliphatic carbocycles. The van der Waals surface area contributed by atoms with Crippen LogP contribution in [0.2, 0.25) is 0 Å². The fourth-order valence-electron chi connectivity index (χ4n) is 5.05. The Balaban J connectivity index is 1.37. The molecule has 5 heteroatoms. The van der Waals surface area contributed by atoms with E-state index in [1.807, 2.05) is 65.6 Å². The number of hydrogen-bond acceptors (Lipinski definition) is 3. The molecule has 1 aliphatic rings. The first-order valence-corrected chi connectivity index (χ1v) is 12.3. The molecule has 2 atom stereocenters. The van der Waals surface area contributed by atoms with Gasteiger partial charge in [-0.25, -0.2) is 4.98 Å². The van der Waals surface area contributed by atoms with Crippen LogP contribution < -0.4 is 4.74 Å². The van der Waals surface area contributed by atoms with Crippen LogP contribution in [0.3, 0.4) is 0 Å². The summed E-state index contributed by atoms with van der Waals surface area (Å²) in [6.45, 7) is 7.81. The topological polar surface area (TPSA) is 47.4 Å². The van der Waals surface area contributed by atoms with E-state index in [4.69, 9.17) is 9.72 Å². The average molecular weight is 466 g/mol.